The Morgan fingerprint density at radius 2 is 1.58 bits per heavy atom. The highest BCUT2D eigenvalue weighted by atomic mass is 32.2. The van der Waals surface area contributed by atoms with Crippen LogP contribution in [0.2, 0.25) is 0 Å². The van der Waals surface area contributed by atoms with Gasteiger partial charge >= 0.3 is 0 Å². The molecule has 0 saturated carbocycles. The third kappa shape index (κ3) is 3.60. The molecule has 0 amide bonds. The lowest BCUT2D eigenvalue weighted by atomic mass is 10.0. The molecule has 2 aromatic carbocycles. The Balaban J connectivity index is 1.97. The second-order valence-corrected chi connectivity index (χ2v) is 7.03. The van der Waals surface area contributed by atoms with Crippen LogP contribution in [-0.4, -0.2) is 15.3 Å². The first-order valence-corrected chi connectivity index (χ1v) is 8.74. The molecule has 0 saturated heterocycles. The maximum Gasteiger partial charge on any atom is 0.180 e. The van der Waals surface area contributed by atoms with E-state index in [9.17, 15) is 4.79 Å². The minimum Gasteiger partial charge on any atom is -0.329 e. The van der Waals surface area contributed by atoms with Crippen molar-refractivity contribution in [3.8, 4) is 0 Å². The first kappa shape index (κ1) is 16.5. The zero-order valence-corrected chi connectivity index (χ0v) is 14.9. The molecule has 3 aromatic rings. The van der Waals surface area contributed by atoms with Gasteiger partial charge in [-0.15, -0.1) is 0 Å². The fourth-order valence-corrected chi connectivity index (χ4v) is 3.55. The third-order valence-electron chi connectivity index (χ3n) is 3.95. The number of hydrogen-bond acceptors (Lipinski definition) is 3. The molecule has 24 heavy (non-hydrogen) atoms. The fraction of sp³-hybridized carbons (Fsp3) is 0.200. The lowest BCUT2D eigenvalue weighted by molar-refractivity contribution is 0.0989. The van der Waals surface area contributed by atoms with E-state index >= 15 is 0 Å². The van der Waals surface area contributed by atoms with Crippen molar-refractivity contribution in [3.05, 3.63) is 83.2 Å². The van der Waals surface area contributed by atoms with Crippen molar-refractivity contribution in [3.63, 3.8) is 0 Å². The Morgan fingerprint density at radius 3 is 2.12 bits per heavy atom. The highest BCUT2D eigenvalue weighted by Gasteiger charge is 2.24. The minimum atomic E-state index is -0.311. The zero-order chi connectivity index (χ0) is 17.1. The molecule has 1 aromatic heterocycles. The van der Waals surface area contributed by atoms with Gasteiger partial charge in [-0.2, -0.15) is 0 Å². The maximum atomic E-state index is 13.1. The van der Waals surface area contributed by atoms with E-state index in [1.165, 1.54) is 17.3 Å². The van der Waals surface area contributed by atoms with E-state index in [4.69, 9.17) is 0 Å². The van der Waals surface area contributed by atoms with Crippen molar-refractivity contribution in [1.82, 2.24) is 9.55 Å². The number of Topliss-reactive ketones (excluding diaryl/α,β-unsaturated/α-hetero) is 1. The van der Waals surface area contributed by atoms with Gasteiger partial charge in [-0.25, -0.2) is 4.98 Å². The first-order valence-electron chi connectivity index (χ1n) is 7.86. The standard InChI is InChI=1S/C20H20N2OS/c1-14-4-8-16(9-5-14)18(23)19(17-10-6-15(2)7-11-17)24-20-21-12-13-22(20)3/h4-13,19H,1-3H3/t19-/m1/s1. The summed E-state index contributed by atoms with van der Waals surface area (Å²) in [7, 11) is 1.94. The summed E-state index contributed by atoms with van der Waals surface area (Å²) in [5.41, 5.74) is 4.06. The molecule has 0 fully saturated rings. The molecule has 4 heteroatoms. The highest BCUT2D eigenvalue weighted by molar-refractivity contribution is 8.00. The molecule has 122 valence electrons. The predicted molar refractivity (Wildman–Crippen MR) is 98.5 cm³/mol. The summed E-state index contributed by atoms with van der Waals surface area (Å²) >= 11 is 1.49. The maximum absolute atomic E-state index is 13.1. The molecule has 0 aliphatic heterocycles. The van der Waals surface area contributed by atoms with Crippen LogP contribution in [0.1, 0.15) is 32.3 Å². The first-order chi connectivity index (χ1) is 11.5. The van der Waals surface area contributed by atoms with E-state index < -0.39 is 0 Å². The number of thioether (sulfide) groups is 1. The number of ketones is 1. The summed E-state index contributed by atoms with van der Waals surface area (Å²) in [4.78, 5) is 17.5. The Morgan fingerprint density at radius 1 is 1.00 bits per heavy atom. The molecule has 0 radical (unpaired) electrons. The van der Waals surface area contributed by atoms with E-state index in [-0.39, 0.29) is 11.0 Å². The van der Waals surface area contributed by atoms with Gasteiger partial charge in [-0.05, 0) is 19.4 Å². The monoisotopic (exact) mass is 336 g/mol. The second kappa shape index (κ2) is 7.05. The molecule has 0 N–H and O–H groups in total. The van der Waals surface area contributed by atoms with Crippen LogP contribution in [-0.2, 0) is 7.05 Å². The third-order valence-corrected chi connectivity index (χ3v) is 5.28. The molecular formula is C20H20N2OS. The average molecular weight is 336 g/mol. The number of nitrogens with zero attached hydrogens (tertiary/aromatic N) is 2. The van der Waals surface area contributed by atoms with Gasteiger partial charge in [0.1, 0.15) is 5.25 Å². The minimum absolute atomic E-state index is 0.104. The topological polar surface area (TPSA) is 34.9 Å². The number of carbonyl (C=O) groups excluding carboxylic acids is 1. The van der Waals surface area contributed by atoms with E-state index in [2.05, 4.69) is 4.98 Å². The summed E-state index contributed by atoms with van der Waals surface area (Å²) in [6, 6.07) is 15.9. The van der Waals surface area contributed by atoms with Crippen molar-refractivity contribution >= 4 is 17.5 Å². The number of carbonyl (C=O) groups is 1. The van der Waals surface area contributed by atoms with Crippen molar-refractivity contribution < 1.29 is 4.79 Å². The number of benzene rings is 2. The van der Waals surface area contributed by atoms with Crippen molar-refractivity contribution in [2.75, 3.05) is 0 Å². The largest absolute Gasteiger partial charge is 0.329 e. The van der Waals surface area contributed by atoms with Crippen LogP contribution in [0.3, 0.4) is 0 Å². The summed E-state index contributed by atoms with van der Waals surface area (Å²) in [6.45, 7) is 4.07. The SMILES string of the molecule is Cc1ccc(C(=O)[C@H](Sc2nccn2C)c2ccc(C)cc2)cc1. The Hall–Kier alpha value is -2.33. The van der Waals surface area contributed by atoms with E-state index in [0.717, 1.165) is 21.8 Å². The van der Waals surface area contributed by atoms with Crippen LogP contribution < -0.4 is 0 Å². The number of rotatable bonds is 5. The van der Waals surface area contributed by atoms with Crippen LogP contribution in [0, 0.1) is 13.8 Å². The van der Waals surface area contributed by atoms with Crippen molar-refractivity contribution in [2.45, 2.75) is 24.3 Å². The fourth-order valence-electron chi connectivity index (χ4n) is 2.45. The number of aromatic nitrogens is 2. The van der Waals surface area contributed by atoms with Gasteiger partial charge in [-0.1, -0.05) is 71.4 Å². The Labute approximate surface area is 146 Å². The normalized spacial score (nSPS) is 12.1. The molecular weight excluding hydrogens is 316 g/mol. The van der Waals surface area contributed by atoms with Gasteiger partial charge in [-0.3, -0.25) is 4.79 Å². The van der Waals surface area contributed by atoms with Gasteiger partial charge in [0, 0.05) is 25.0 Å². The smallest absolute Gasteiger partial charge is 0.180 e. The van der Waals surface area contributed by atoms with Crippen LogP contribution in [0.15, 0.2) is 66.1 Å². The molecule has 3 rings (SSSR count). The molecule has 0 aliphatic carbocycles. The average Bonchev–Trinajstić information content (AvgIpc) is 2.99. The van der Waals surface area contributed by atoms with Gasteiger partial charge in [0.05, 0.1) is 0 Å². The predicted octanol–water partition coefficient (Wildman–Crippen LogP) is 4.75. The molecule has 1 atom stereocenters. The van der Waals surface area contributed by atoms with Crippen molar-refractivity contribution in [2.24, 2.45) is 7.05 Å². The molecule has 0 bridgehead atoms. The van der Waals surface area contributed by atoms with E-state index in [1.54, 1.807) is 6.20 Å². The zero-order valence-electron chi connectivity index (χ0n) is 14.1. The Bertz CT molecular complexity index is 835. The van der Waals surface area contributed by atoms with Crippen molar-refractivity contribution in [1.29, 1.82) is 0 Å². The summed E-state index contributed by atoms with van der Waals surface area (Å²) in [5, 5.41) is 0.524. The molecule has 0 aliphatic rings. The number of imidazole rings is 1. The lowest BCUT2D eigenvalue weighted by Gasteiger charge is -2.16. The second-order valence-electron chi connectivity index (χ2n) is 5.96. The summed E-state index contributed by atoms with van der Waals surface area (Å²) < 4.78 is 1.94. The van der Waals surface area contributed by atoms with Crippen LogP contribution in [0.4, 0.5) is 0 Å². The molecule has 0 spiro atoms. The van der Waals surface area contributed by atoms with Gasteiger partial charge in [0.2, 0.25) is 0 Å². The highest BCUT2D eigenvalue weighted by Crippen LogP contribution is 2.37. The van der Waals surface area contributed by atoms with Gasteiger partial charge < -0.3 is 4.57 Å². The quantitative estimate of drug-likeness (QED) is 0.498. The van der Waals surface area contributed by atoms with Gasteiger partial charge in [0.25, 0.3) is 0 Å². The van der Waals surface area contributed by atoms with Crippen LogP contribution in [0.25, 0.3) is 0 Å². The molecule has 0 unspecified atom stereocenters. The molecule has 3 nitrogen and oxygen atoms in total. The number of aryl methyl sites for hydroxylation is 3. The molecule has 1 heterocycles. The van der Waals surface area contributed by atoms with Crippen LogP contribution in [0.5, 0.6) is 0 Å². The van der Waals surface area contributed by atoms with E-state index in [0.29, 0.717) is 0 Å². The summed E-state index contributed by atoms with van der Waals surface area (Å²) in [6.07, 6.45) is 3.65. The van der Waals surface area contributed by atoms with E-state index in [1.807, 2.05) is 80.2 Å². The lowest BCUT2D eigenvalue weighted by Crippen LogP contribution is -2.11. The Kier molecular flexibility index (Phi) is 4.86. The summed E-state index contributed by atoms with van der Waals surface area (Å²) in [5.74, 6) is 0.104. The van der Waals surface area contributed by atoms with Crippen LogP contribution >= 0.6 is 11.8 Å². The van der Waals surface area contributed by atoms with Gasteiger partial charge in [0.15, 0.2) is 10.9 Å². The number of hydrogen-bond donors (Lipinski definition) is 0.